The van der Waals surface area contributed by atoms with Crippen molar-refractivity contribution < 1.29 is 17.4 Å². The Kier molecular flexibility index (Phi) is 2.90. The van der Waals surface area contributed by atoms with Gasteiger partial charge < -0.3 is 12.4 Å². The molecule has 12 heavy (non-hydrogen) atoms. The van der Waals surface area contributed by atoms with Crippen LogP contribution in [0.3, 0.4) is 0 Å². The highest BCUT2D eigenvalue weighted by molar-refractivity contribution is 5.49. The highest BCUT2D eigenvalue weighted by atomic mass is 35.5. The van der Waals surface area contributed by atoms with Crippen molar-refractivity contribution in [2.75, 3.05) is 0 Å². The minimum Gasteiger partial charge on any atom is -1.00 e. The fourth-order valence-corrected chi connectivity index (χ4v) is 0.922. The summed E-state index contributed by atoms with van der Waals surface area (Å²) in [5, 5.41) is 11.8. The Hall–Kier alpha value is -1.26. The maximum atomic E-state index is 3.83. The van der Waals surface area contributed by atoms with E-state index < -0.39 is 0 Å². The first-order valence-electron chi connectivity index (χ1n) is 3.33. The summed E-state index contributed by atoms with van der Waals surface area (Å²) in [6.07, 6.45) is 1.65. The summed E-state index contributed by atoms with van der Waals surface area (Å²) >= 11 is 0. The van der Waals surface area contributed by atoms with Gasteiger partial charge in [0.2, 0.25) is 6.34 Å². The molecule has 1 atom stereocenters. The molecule has 62 valence electrons. The van der Waals surface area contributed by atoms with Crippen molar-refractivity contribution in [2.45, 2.75) is 0 Å². The van der Waals surface area contributed by atoms with Crippen molar-refractivity contribution in [3.63, 3.8) is 0 Å². The quantitative estimate of drug-likeness (QED) is 0.501. The van der Waals surface area contributed by atoms with Crippen LogP contribution in [0.5, 0.6) is 0 Å². The second kappa shape index (κ2) is 3.94. The fourth-order valence-electron chi connectivity index (χ4n) is 0.922. The van der Waals surface area contributed by atoms with Crippen LogP contribution in [0, 0.1) is 0 Å². The van der Waals surface area contributed by atoms with Gasteiger partial charge in [0, 0.05) is 17.4 Å². The predicted molar refractivity (Wildman–Crippen MR) is 40.4 cm³/mol. The molecule has 1 aliphatic heterocycles. The van der Waals surface area contributed by atoms with E-state index in [4.69, 9.17) is 0 Å². The number of hydrogen-bond donors (Lipinski definition) is 1. The molecule has 1 N–H and O–H groups in total. The number of quaternary nitrogens is 1. The average Bonchev–Trinajstić information content (AvgIpc) is 2.58. The number of rotatable bonds is 1. The van der Waals surface area contributed by atoms with E-state index in [-0.39, 0.29) is 12.4 Å². The zero-order valence-electron chi connectivity index (χ0n) is 6.18. The Balaban J connectivity index is 0.000000720. The van der Waals surface area contributed by atoms with Gasteiger partial charge in [0.05, 0.1) is 5.22 Å². The van der Waals surface area contributed by atoms with E-state index >= 15 is 0 Å². The number of nitrogens with zero attached hydrogens (tertiary/aromatic N) is 3. The van der Waals surface area contributed by atoms with E-state index in [1.165, 1.54) is 0 Å². The molecule has 0 amide bonds. The van der Waals surface area contributed by atoms with E-state index in [0.717, 1.165) is 10.7 Å². The normalized spacial score (nSPS) is 19.2. The molecule has 0 saturated heterocycles. The maximum Gasteiger partial charge on any atom is 0.243 e. The standard InChI is InChI=1S/C7H6N4.ClH/c1-2-4-7(5-3-1)11-6-8-9-10-11;/h1-6H;1H. The lowest BCUT2D eigenvalue weighted by Crippen LogP contribution is -3.00. The van der Waals surface area contributed by atoms with E-state index in [1.807, 2.05) is 30.3 Å². The summed E-state index contributed by atoms with van der Waals surface area (Å²) in [6.45, 7) is 0. The number of hydrogen-bond acceptors (Lipinski definition) is 3. The molecule has 0 fully saturated rings. The van der Waals surface area contributed by atoms with E-state index in [0.29, 0.717) is 0 Å². The second-order valence-electron chi connectivity index (χ2n) is 2.19. The Bertz CT molecular complexity index is 284. The predicted octanol–water partition coefficient (Wildman–Crippen LogP) is -2.47. The first kappa shape index (κ1) is 8.83. The van der Waals surface area contributed by atoms with Gasteiger partial charge in [-0.25, -0.2) is 0 Å². The summed E-state index contributed by atoms with van der Waals surface area (Å²) in [4.78, 5) is 0. The summed E-state index contributed by atoms with van der Waals surface area (Å²) in [6, 6.07) is 9.85. The van der Waals surface area contributed by atoms with Gasteiger partial charge in [0.25, 0.3) is 0 Å². The lowest BCUT2D eigenvalue weighted by Gasteiger charge is -1.97. The van der Waals surface area contributed by atoms with Gasteiger partial charge in [-0.3, -0.25) is 0 Å². The molecule has 2 rings (SSSR count). The van der Waals surface area contributed by atoms with Crippen LogP contribution >= 0.6 is 0 Å². The summed E-state index contributed by atoms with van der Waals surface area (Å²) in [5.74, 6) is 0. The average molecular weight is 183 g/mol. The number of nitrogens with one attached hydrogen (secondary N) is 1. The number of para-hydroxylation sites is 1. The smallest absolute Gasteiger partial charge is 0.243 e. The highest BCUT2D eigenvalue weighted by Crippen LogP contribution is 1.98. The van der Waals surface area contributed by atoms with Gasteiger partial charge in [0.1, 0.15) is 0 Å². The molecule has 0 bridgehead atoms. The fraction of sp³-hybridized carbons (Fsp3) is 0. The largest absolute Gasteiger partial charge is 1.00 e. The van der Waals surface area contributed by atoms with E-state index in [2.05, 4.69) is 15.5 Å². The van der Waals surface area contributed by atoms with E-state index in [9.17, 15) is 0 Å². The summed E-state index contributed by atoms with van der Waals surface area (Å²) < 4.78 is 0. The first-order chi connectivity index (χ1) is 5.47. The van der Waals surface area contributed by atoms with Crippen molar-refractivity contribution >= 4 is 12.0 Å². The third-order valence-electron chi connectivity index (χ3n) is 1.45. The van der Waals surface area contributed by atoms with Crippen LogP contribution in [0.15, 0.2) is 45.9 Å². The third kappa shape index (κ3) is 1.66. The van der Waals surface area contributed by atoms with E-state index in [1.54, 1.807) is 6.34 Å². The lowest BCUT2D eigenvalue weighted by molar-refractivity contribution is -0.732. The second-order valence-corrected chi connectivity index (χ2v) is 2.19. The van der Waals surface area contributed by atoms with Gasteiger partial charge in [-0.1, -0.05) is 23.3 Å². The van der Waals surface area contributed by atoms with Gasteiger partial charge in [-0.05, 0) is 0 Å². The van der Waals surface area contributed by atoms with Crippen LogP contribution in [0.25, 0.3) is 0 Å². The molecule has 1 aromatic carbocycles. The third-order valence-corrected chi connectivity index (χ3v) is 1.45. The summed E-state index contributed by atoms with van der Waals surface area (Å²) in [7, 11) is 0. The molecule has 1 aromatic rings. The Morgan fingerprint density at radius 2 is 1.83 bits per heavy atom. The summed E-state index contributed by atoms with van der Waals surface area (Å²) in [5.41, 5.74) is 1.05. The molecule has 4 nitrogen and oxygen atoms in total. The highest BCUT2D eigenvalue weighted by Gasteiger charge is 2.11. The van der Waals surface area contributed by atoms with Crippen molar-refractivity contribution in [3.8, 4) is 0 Å². The van der Waals surface area contributed by atoms with Crippen LogP contribution in [0.2, 0.25) is 0 Å². The van der Waals surface area contributed by atoms with Crippen LogP contribution in [0.4, 0.5) is 5.69 Å². The van der Waals surface area contributed by atoms with Crippen LogP contribution in [-0.2, 0) is 0 Å². The minimum absolute atomic E-state index is 0. The topological polar surface area (TPSA) is 41.5 Å². The molecule has 0 saturated carbocycles. The molecular weight excluding hydrogens is 176 g/mol. The molecular formula is C7H7ClN4. The van der Waals surface area contributed by atoms with Crippen molar-refractivity contribution in [1.82, 2.24) is 0 Å². The van der Waals surface area contributed by atoms with Crippen molar-refractivity contribution in [1.29, 1.82) is 0 Å². The molecule has 1 heterocycles. The van der Waals surface area contributed by atoms with Gasteiger partial charge in [-0.15, -0.1) is 5.01 Å². The van der Waals surface area contributed by atoms with Crippen LogP contribution < -0.4 is 17.4 Å². The first-order valence-corrected chi connectivity index (χ1v) is 3.33. The molecule has 0 spiro atoms. The SMILES string of the molecule is C1=NN=N[NH+]1c1ccccc1.[Cl-]. The molecule has 5 heteroatoms. The van der Waals surface area contributed by atoms with Gasteiger partial charge in [-0.2, -0.15) is 0 Å². The van der Waals surface area contributed by atoms with Crippen LogP contribution in [-0.4, -0.2) is 6.34 Å². The Labute approximate surface area is 76.0 Å². The molecule has 0 aromatic heterocycles. The lowest BCUT2D eigenvalue weighted by atomic mass is 10.3. The van der Waals surface area contributed by atoms with Crippen LogP contribution in [0.1, 0.15) is 0 Å². The van der Waals surface area contributed by atoms with Crippen molar-refractivity contribution in [3.05, 3.63) is 30.3 Å². The number of benzene rings is 1. The van der Waals surface area contributed by atoms with Gasteiger partial charge >= 0.3 is 0 Å². The monoisotopic (exact) mass is 182 g/mol. The molecule has 0 radical (unpaired) electrons. The number of halogens is 1. The zero-order chi connectivity index (χ0) is 7.52. The molecule has 1 unspecified atom stereocenters. The molecule has 1 aliphatic rings. The Morgan fingerprint density at radius 1 is 1.08 bits per heavy atom. The maximum absolute atomic E-state index is 3.83. The zero-order valence-corrected chi connectivity index (χ0v) is 6.94. The van der Waals surface area contributed by atoms with Crippen molar-refractivity contribution in [2.24, 2.45) is 15.5 Å². The van der Waals surface area contributed by atoms with Gasteiger partial charge in [0.15, 0.2) is 5.69 Å². The molecule has 0 aliphatic carbocycles. The minimum atomic E-state index is 0. The Morgan fingerprint density at radius 3 is 2.42 bits per heavy atom.